The Morgan fingerprint density at radius 2 is 0.625 bits per heavy atom. The topological polar surface area (TPSA) is 0 Å². The maximum atomic E-state index is 2.36. The molecule has 0 N–H and O–H groups in total. The molecule has 0 spiro atoms. The normalized spacial score (nSPS) is 13.0. The zero-order valence-electron chi connectivity index (χ0n) is 18.0. The van der Waals surface area contributed by atoms with Gasteiger partial charge in [-0.25, -0.2) is 0 Å². The van der Waals surface area contributed by atoms with Gasteiger partial charge < -0.3 is 0 Å². The lowest BCUT2D eigenvalue weighted by atomic mass is 9.69. The summed E-state index contributed by atoms with van der Waals surface area (Å²) in [6, 6.07) is 0. The van der Waals surface area contributed by atoms with Crippen LogP contribution in [0.1, 0.15) is 86.1 Å². The van der Waals surface area contributed by atoms with E-state index in [1.165, 1.54) is 44.2 Å². The minimum atomic E-state index is 0.144. The van der Waals surface area contributed by atoms with Gasteiger partial charge in [0, 0.05) is 0 Å². The Morgan fingerprint density at radius 1 is 0.375 bits per heavy atom. The second kappa shape index (κ2) is 5.61. The number of rotatable bonds is 0. The lowest BCUT2D eigenvalue weighted by molar-refractivity contribution is 0.526. The summed E-state index contributed by atoms with van der Waals surface area (Å²) >= 11 is 0. The van der Waals surface area contributed by atoms with Gasteiger partial charge in [0.25, 0.3) is 0 Å². The van der Waals surface area contributed by atoms with Gasteiger partial charge in [-0.3, -0.25) is 0 Å². The molecular formula is C24H36. The van der Waals surface area contributed by atoms with Crippen molar-refractivity contribution in [3.05, 3.63) is 44.5 Å². The molecule has 0 saturated carbocycles. The molecule has 0 aliphatic carbocycles. The summed E-state index contributed by atoms with van der Waals surface area (Å²) in [6.45, 7) is 28.0. The third-order valence-corrected chi connectivity index (χ3v) is 5.94. The van der Waals surface area contributed by atoms with Crippen molar-refractivity contribution in [3.63, 3.8) is 0 Å². The van der Waals surface area contributed by atoms with Crippen molar-refractivity contribution >= 4 is 10.8 Å². The molecule has 0 aromatic heterocycles. The zero-order chi connectivity index (χ0) is 18.8. The van der Waals surface area contributed by atoms with Gasteiger partial charge in [-0.05, 0) is 108 Å². The van der Waals surface area contributed by atoms with Crippen LogP contribution < -0.4 is 0 Å². The standard InChI is InChI=1S/C24H36/c1-13-14(2)16(4)20-18(6)22(24(10,11)12)21(23(7,8)9)17(5)19(20)15(13)3/h1-12H3. The van der Waals surface area contributed by atoms with Gasteiger partial charge in [-0.2, -0.15) is 0 Å². The summed E-state index contributed by atoms with van der Waals surface area (Å²) in [5.41, 5.74) is 12.2. The van der Waals surface area contributed by atoms with Gasteiger partial charge in [0.15, 0.2) is 0 Å². The van der Waals surface area contributed by atoms with Crippen LogP contribution >= 0.6 is 0 Å². The van der Waals surface area contributed by atoms with Gasteiger partial charge >= 0.3 is 0 Å². The Labute approximate surface area is 149 Å². The highest BCUT2D eigenvalue weighted by atomic mass is 14.4. The van der Waals surface area contributed by atoms with E-state index < -0.39 is 0 Å². The summed E-state index contributed by atoms with van der Waals surface area (Å²) in [4.78, 5) is 0. The Kier molecular flexibility index (Phi) is 4.45. The van der Waals surface area contributed by atoms with E-state index in [1.54, 1.807) is 11.1 Å². The molecule has 0 fully saturated rings. The number of hydrogen-bond acceptors (Lipinski definition) is 0. The molecule has 0 saturated heterocycles. The van der Waals surface area contributed by atoms with Crippen molar-refractivity contribution < 1.29 is 0 Å². The predicted molar refractivity (Wildman–Crippen MR) is 110 cm³/mol. The fraction of sp³-hybridized carbons (Fsp3) is 0.583. The molecule has 132 valence electrons. The molecule has 24 heavy (non-hydrogen) atoms. The Morgan fingerprint density at radius 3 is 0.833 bits per heavy atom. The van der Waals surface area contributed by atoms with Crippen LogP contribution in [0.15, 0.2) is 0 Å². The van der Waals surface area contributed by atoms with Crippen LogP contribution in [0, 0.1) is 41.5 Å². The Balaban J connectivity index is 3.28. The first-order valence-electron chi connectivity index (χ1n) is 9.25. The molecule has 2 rings (SSSR count). The van der Waals surface area contributed by atoms with Gasteiger partial charge in [0.05, 0.1) is 0 Å². The molecule has 0 amide bonds. The van der Waals surface area contributed by atoms with E-state index in [2.05, 4.69) is 83.1 Å². The van der Waals surface area contributed by atoms with E-state index in [9.17, 15) is 0 Å². The average molecular weight is 325 g/mol. The minimum absolute atomic E-state index is 0.144. The van der Waals surface area contributed by atoms with Crippen molar-refractivity contribution in [2.75, 3.05) is 0 Å². The van der Waals surface area contributed by atoms with Crippen LogP contribution in [0.2, 0.25) is 0 Å². The van der Waals surface area contributed by atoms with Crippen LogP contribution in [-0.4, -0.2) is 0 Å². The largest absolute Gasteiger partial charge is 0.0561 e. The third-order valence-electron chi connectivity index (χ3n) is 5.94. The SMILES string of the molecule is Cc1c(C)c(C)c2c(C)c(C(C)(C)C)c(C(C)(C)C)c(C)c2c1C. The molecule has 0 unspecified atom stereocenters. The van der Waals surface area contributed by atoms with E-state index in [0.717, 1.165) is 0 Å². The maximum absolute atomic E-state index is 2.36. The minimum Gasteiger partial charge on any atom is -0.0561 e. The van der Waals surface area contributed by atoms with Crippen LogP contribution in [0.3, 0.4) is 0 Å². The fourth-order valence-corrected chi connectivity index (χ4v) is 4.75. The summed E-state index contributed by atoms with van der Waals surface area (Å²) in [7, 11) is 0. The smallest absolute Gasteiger partial charge is 0.0114 e. The Bertz CT molecular complexity index is 748. The maximum Gasteiger partial charge on any atom is -0.0114 e. The average Bonchev–Trinajstić information content (AvgIpc) is 2.41. The van der Waals surface area contributed by atoms with E-state index in [-0.39, 0.29) is 10.8 Å². The molecule has 0 atom stereocenters. The van der Waals surface area contributed by atoms with Crippen LogP contribution in [0.25, 0.3) is 10.8 Å². The summed E-state index contributed by atoms with van der Waals surface area (Å²) < 4.78 is 0. The number of fused-ring (bicyclic) bond motifs is 1. The van der Waals surface area contributed by atoms with Crippen LogP contribution in [0.4, 0.5) is 0 Å². The first kappa shape index (κ1) is 19.0. The van der Waals surface area contributed by atoms with E-state index in [1.807, 2.05) is 0 Å². The molecule has 0 nitrogen and oxygen atoms in total. The van der Waals surface area contributed by atoms with Gasteiger partial charge in [-0.15, -0.1) is 0 Å². The van der Waals surface area contributed by atoms with E-state index in [4.69, 9.17) is 0 Å². The molecular weight excluding hydrogens is 288 g/mol. The second-order valence-electron chi connectivity index (χ2n) is 9.75. The summed E-state index contributed by atoms with van der Waals surface area (Å²) in [5.74, 6) is 0. The molecule has 0 heteroatoms. The molecule has 0 aliphatic heterocycles. The zero-order valence-corrected chi connectivity index (χ0v) is 18.0. The van der Waals surface area contributed by atoms with Gasteiger partial charge in [-0.1, -0.05) is 41.5 Å². The first-order valence-corrected chi connectivity index (χ1v) is 9.25. The molecule has 2 aromatic carbocycles. The number of benzene rings is 2. The van der Waals surface area contributed by atoms with Crippen molar-refractivity contribution in [1.82, 2.24) is 0 Å². The summed E-state index contributed by atoms with van der Waals surface area (Å²) in [6.07, 6.45) is 0. The quantitative estimate of drug-likeness (QED) is 0.477. The van der Waals surface area contributed by atoms with Crippen molar-refractivity contribution in [3.8, 4) is 0 Å². The van der Waals surface area contributed by atoms with Crippen molar-refractivity contribution in [1.29, 1.82) is 0 Å². The highest BCUT2D eigenvalue weighted by Crippen LogP contribution is 2.45. The van der Waals surface area contributed by atoms with Crippen LogP contribution in [-0.2, 0) is 10.8 Å². The lowest BCUT2D eigenvalue weighted by Gasteiger charge is -2.36. The molecule has 0 heterocycles. The van der Waals surface area contributed by atoms with E-state index >= 15 is 0 Å². The fourth-order valence-electron chi connectivity index (χ4n) is 4.75. The first-order chi connectivity index (χ1) is 10.7. The van der Waals surface area contributed by atoms with Crippen molar-refractivity contribution in [2.45, 2.75) is 93.9 Å². The predicted octanol–water partition coefficient (Wildman–Crippen LogP) is 7.29. The second-order valence-corrected chi connectivity index (χ2v) is 9.75. The van der Waals surface area contributed by atoms with Crippen molar-refractivity contribution in [2.24, 2.45) is 0 Å². The third kappa shape index (κ3) is 2.68. The molecule has 0 bridgehead atoms. The summed E-state index contributed by atoms with van der Waals surface area (Å²) in [5, 5.41) is 2.98. The highest BCUT2D eigenvalue weighted by molar-refractivity contribution is 5.98. The number of aryl methyl sites for hydroxylation is 4. The monoisotopic (exact) mass is 324 g/mol. The van der Waals surface area contributed by atoms with Gasteiger partial charge in [0.1, 0.15) is 0 Å². The number of hydrogen-bond donors (Lipinski definition) is 0. The van der Waals surface area contributed by atoms with Crippen LogP contribution in [0.5, 0.6) is 0 Å². The lowest BCUT2D eigenvalue weighted by Crippen LogP contribution is -2.25. The molecule has 2 aromatic rings. The van der Waals surface area contributed by atoms with E-state index in [0.29, 0.717) is 0 Å². The van der Waals surface area contributed by atoms with Gasteiger partial charge in [0.2, 0.25) is 0 Å². The molecule has 0 aliphatic rings. The Hall–Kier alpha value is -1.30. The molecule has 0 radical (unpaired) electrons. The highest BCUT2D eigenvalue weighted by Gasteiger charge is 2.31.